The first kappa shape index (κ1) is 11.9. The van der Waals surface area contributed by atoms with Gasteiger partial charge in [0, 0.05) is 0 Å². The zero-order valence-electron chi connectivity index (χ0n) is 12.4. The molecule has 6 rings (SSSR count). The maximum absolute atomic E-state index is 6.41. The van der Waals surface area contributed by atoms with Gasteiger partial charge in [0.15, 0.2) is 11.2 Å². The third-order valence-corrected chi connectivity index (χ3v) is 6.19. The van der Waals surface area contributed by atoms with E-state index in [1.54, 1.807) is 0 Å². The SMILES string of the molecule is c1ccc2c(c1)CC[C@H]1O[C@@]21[C@@]12O[C@@H]1CCc1ccccc12. The minimum Gasteiger partial charge on any atom is -0.357 e. The molecule has 2 aliphatic heterocycles. The monoisotopic (exact) mass is 290 g/mol. The number of epoxide rings is 2. The van der Waals surface area contributed by atoms with Gasteiger partial charge in [-0.1, -0.05) is 48.5 Å². The van der Waals surface area contributed by atoms with Crippen molar-refractivity contribution in [3.63, 3.8) is 0 Å². The average molecular weight is 290 g/mol. The molecule has 0 saturated carbocycles. The van der Waals surface area contributed by atoms with Crippen molar-refractivity contribution in [3.8, 4) is 0 Å². The highest BCUT2D eigenvalue weighted by Crippen LogP contribution is 2.73. The van der Waals surface area contributed by atoms with E-state index in [4.69, 9.17) is 9.47 Å². The van der Waals surface area contributed by atoms with Gasteiger partial charge in [-0.15, -0.1) is 0 Å². The zero-order valence-corrected chi connectivity index (χ0v) is 12.4. The van der Waals surface area contributed by atoms with Crippen LogP contribution >= 0.6 is 0 Å². The van der Waals surface area contributed by atoms with Crippen molar-refractivity contribution in [1.29, 1.82) is 0 Å². The minimum absolute atomic E-state index is 0.219. The highest BCUT2D eigenvalue weighted by molar-refractivity contribution is 5.53. The van der Waals surface area contributed by atoms with E-state index in [1.807, 2.05) is 0 Å². The predicted molar refractivity (Wildman–Crippen MR) is 82.6 cm³/mol. The molecule has 2 aliphatic carbocycles. The van der Waals surface area contributed by atoms with Gasteiger partial charge in [-0.3, -0.25) is 0 Å². The van der Waals surface area contributed by atoms with E-state index in [0.717, 1.165) is 25.7 Å². The highest BCUT2D eigenvalue weighted by Gasteiger charge is 2.82. The van der Waals surface area contributed by atoms with Gasteiger partial charge in [-0.05, 0) is 47.9 Å². The molecule has 0 unspecified atom stereocenters. The summed E-state index contributed by atoms with van der Waals surface area (Å²) in [6.45, 7) is 0. The molecule has 2 heteroatoms. The van der Waals surface area contributed by atoms with Gasteiger partial charge in [-0.25, -0.2) is 0 Å². The summed E-state index contributed by atoms with van der Waals surface area (Å²) in [5.41, 5.74) is 5.22. The Hall–Kier alpha value is -1.64. The van der Waals surface area contributed by atoms with E-state index in [-0.39, 0.29) is 11.2 Å². The van der Waals surface area contributed by atoms with Crippen LogP contribution in [0.25, 0.3) is 0 Å². The van der Waals surface area contributed by atoms with Crippen molar-refractivity contribution < 1.29 is 9.47 Å². The van der Waals surface area contributed by atoms with Gasteiger partial charge in [0.1, 0.15) is 0 Å². The summed E-state index contributed by atoms with van der Waals surface area (Å²) in [6.07, 6.45) is 5.17. The largest absolute Gasteiger partial charge is 0.357 e. The molecule has 22 heavy (non-hydrogen) atoms. The van der Waals surface area contributed by atoms with Crippen LogP contribution in [0.3, 0.4) is 0 Å². The van der Waals surface area contributed by atoms with E-state index in [2.05, 4.69) is 48.5 Å². The molecular formula is C20H18O2. The van der Waals surface area contributed by atoms with Crippen LogP contribution in [0.15, 0.2) is 48.5 Å². The second-order valence-electron chi connectivity index (χ2n) is 7.08. The smallest absolute Gasteiger partial charge is 0.155 e. The van der Waals surface area contributed by atoms with Crippen molar-refractivity contribution in [2.45, 2.75) is 49.1 Å². The summed E-state index contributed by atoms with van der Waals surface area (Å²) in [5.74, 6) is 0. The Morgan fingerprint density at radius 3 is 1.64 bits per heavy atom. The molecule has 0 spiro atoms. The second kappa shape index (κ2) is 3.64. The maximum atomic E-state index is 6.41. The van der Waals surface area contributed by atoms with Crippen LogP contribution in [-0.4, -0.2) is 12.2 Å². The Balaban J connectivity index is 1.61. The Morgan fingerprint density at radius 2 is 1.14 bits per heavy atom. The summed E-state index contributed by atoms with van der Waals surface area (Å²) in [7, 11) is 0. The van der Waals surface area contributed by atoms with Crippen LogP contribution in [0, 0.1) is 0 Å². The standard InChI is InChI=1S/C20H18O2/c1-3-7-15-13(5-1)9-11-17-19(15,21-17)20-16-8-4-2-6-14(16)10-12-18(20)22-20/h1-8,17-18H,9-12H2/t17-,18-,19+,20+/m1/s1. The fourth-order valence-electron chi connectivity index (χ4n) is 5.21. The van der Waals surface area contributed by atoms with E-state index in [1.165, 1.54) is 22.3 Å². The van der Waals surface area contributed by atoms with Gasteiger partial charge in [0.25, 0.3) is 0 Å². The van der Waals surface area contributed by atoms with Crippen LogP contribution in [0.5, 0.6) is 0 Å². The second-order valence-corrected chi connectivity index (χ2v) is 7.08. The maximum Gasteiger partial charge on any atom is 0.155 e. The molecule has 0 aromatic heterocycles. The van der Waals surface area contributed by atoms with Gasteiger partial charge in [0.2, 0.25) is 0 Å². The molecule has 2 saturated heterocycles. The van der Waals surface area contributed by atoms with E-state index < -0.39 is 0 Å². The van der Waals surface area contributed by atoms with E-state index >= 15 is 0 Å². The normalized spacial score (nSPS) is 40.0. The summed E-state index contributed by atoms with van der Waals surface area (Å²) in [6, 6.07) is 17.6. The Morgan fingerprint density at radius 1 is 0.682 bits per heavy atom. The first-order valence-corrected chi connectivity index (χ1v) is 8.39. The van der Waals surface area contributed by atoms with Gasteiger partial charge in [0.05, 0.1) is 12.2 Å². The lowest BCUT2D eigenvalue weighted by atomic mass is 9.67. The molecule has 0 N–H and O–H groups in total. The quantitative estimate of drug-likeness (QED) is 0.751. The fourth-order valence-corrected chi connectivity index (χ4v) is 5.21. The number of fused-ring (bicyclic) bond motifs is 7. The third-order valence-electron chi connectivity index (χ3n) is 6.19. The first-order chi connectivity index (χ1) is 10.9. The Bertz CT molecular complexity index is 730. The summed E-state index contributed by atoms with van der Waals surface area (Å²) in [5, 5.41) is 0. The zero-order chi connectivity index (χ0) is 14.4. The molecule has 2 aromatic rings. The number of rotatable bonds is 1. The van der Waals surface area contributed by atoms with Gasteiger partial charge in [-0.2, -0.15) is 0 Å². The summed E-state index contributed by atoms with van der Waals surface area (Å²) < 4.78 is 12.8. The molecular weight excluding hydrogens is 272 g/mol. The van der Waals surface area contributed by atoms with E-state index in [0.29, 0.717) is 12.2 Å². The van der Waals surface area contributed by atoms with Crippen LogP contribution < -0.4 is 0 Å². The lowest BCUT2D eigenvalue weighted by Gasteiger charge is -2.31. The molecule has 4 atom stereocenters. The van der Waals surface area contributed by atoms with Crippen LogP contribution in [0.1, 0.15) is 35.1 Å². The molecule has 2 aromatic carbocycles. The fraction of sp³-hybridized carbons (Fsp3) is 0.400. The number of ether oxygens (including phenoxy) is 2. The van der Waals surface area contributed by atoms with Crippen molar-refractivity contribution in [2.75, 3.05) is 0 Å². The molecule has 0 amide bonds. The molecule has 110 valence electrons. The lowest BCUT2D eigenvalue weighted by Crippen LogP contribution is -2.39. The number of aryl methyl sites for hydroxylation is 2. The number of hydrogen-bond acceptors (Lipinski definition) is 2. The predicted octanol–water partition coefficient (Wildman–Crippen LogP) is 3.47. The summed E-state index contributed by atoms with van der Waals surface area (Å²) in [4.78, 5) is 0. The van der Waals surface area contributed by atoms with Gasteiger partial charge >= 0.3 is 0 Å². The summed E-state index contributed by atoms with van der Waals surface area (Å²) >= 11 is 0. The molecule has 2 fully saturated rings. The number of benzene rings is 2. The lowest BCUT2D eigenvalue weighted by molar-refractivity contribution is 0.154. The van der Waals surface area contributed by atoms with Crippen LogP contribution in [0.2, 0.25) is 0 Å². The van der Waals surface area contributed by atoms with Crippen LogP contribution in [0.4, 0.5) is 0 Å². The molecule has 0 bridgehead atoms. The molecule has 4 aliphatic rings. The van der Waals surface area contributed by atoms with Crippen LogP contribution in [-0.2, 0) is 33.5 Å². The molecule has 2 nitrogen and oxygen atoms in total. The highest BCUT2D eigenvalue weighted by atomic mass is 16.7. The molecule has 0 radical (unpaired) electrons. The van der Waals surface area contributed by atoms with E-state index in [9.17, 15) is 0 Å². The number of hydrogen-bond donors (Lipinski definition) is 0. The Kier molecular flexibility index (Phi) is 1.96. The first-order valence-electron chi connectivity index (χ1n) is 8.39. The van der Waals surface area contributed by atoms with Crippen molar-refractivity contribution in [2.24, 2.45) is 0 Å². The van der Waals surface area contributed by atoms with Crippen molar-refractivity contribution in [3.05, 3.63) is 70.8 Å². The topological polar surface area (TPSA) is 25.1 Å². The van der Waals surface area contributed by atoms with Crippen molar-refractivity contribution >= 4 is 0 Å². The van der Waals surface area contributed by atoms with Crippen molar-refractivity contribution in [1.82, 2.24) is 0 Å². The minimum atomic E-state index is -0.219. The Labute approximate surface area is 130 Å². The average Bonchev–Trinajstić information content (AvgIpc) is 3.46. The van der Waals surface area contributed by atoms with Gasteiger partial charge < -0.3 is 9.47 Å². The molecule has 2 heterocycles. The third kappa shape index (κ3) is 1.15.